The van der Waals surface area contributed by atoms with Crippen molar-refractivity contribution in [1.82, 2.24) is 0 Å². The minimum atomic E-state index is -0.721. The van der Waals surface area contributed by atoms with Crippen molar-refractivity contribution in [3.63, 3.8) is 0 Å². The zero-order valence-corrected chi connectivity index (χ0v) is 11.1. The van der Waals surface area contributed by atoms with Crippen molar-refractivity contribution >= 4 is 22.0 Å². The van der Waals surface area contributed by atoms with E-state index in [4.69, 9.17) is 10.5 Å². The quantitative estimate of drug-likeness (QED) is 0.923. The lowest BCUT2D eigenvalue weighted by Gasteiger charge is -2.23. The summed E-state index contributed by atoms with van der Waals surface area (Å²) in [6, 6.07) is 8.09. The lowest BCUT2D eigenvalue weighted by Crippen LogP contribution is -2.31. The van der Waals surface area contributed by atoms with Crippen LogP contribution in [0.3, 0.4) is 0 Å². The molecule has 0 spiro atoms. The summed E-state index contributed by atoms with van der Waals surface area (Å²) < 4.78 is 6.07. The first-order valence-electron chi connectivity index (χ1n) is 5.12. The zero-order chi connectivity index (χ0) is 12.2. The summed E-state index contributed by atoms with van der Waals surface area (Å²) in [4.78, 5) is 10.7. The number of nitrogens with two attached hydrogens (primary N) is 1. The van der Waals surface area contributed by atoms with Crippen LogP contribution in [0.2, 0.25) is 0 Å². The summed E-state index contributed by atoms with van der Waals surface area (Å²) in [5.41, 5.74) is 5.70. The van der Waals surface area contributed by atoms with Crippen molar-refractivity contribution in [3.8, 4) is 0 Å². The maximum atomic E-state index is 10.7. The SMILES string of the molecule is CC(C)(CCc1ccc(Br)cc1)OC(N)=O. The average Bonchev–Trinajstić information content (AvgIpc) is 2.15. The molecule has 0 aliphatic rings. The summed E-state index contributed by atoms with van der Waals surface area (Å²) >= 11 is 3.38. The van der Waals surface area contributed by atoms with Crippen LogP contribution in [0.4, 0.5) is 4.79 Å². The highest BCUT2D eigenvalue weighted by molar-refractivity contribution is 9.10. The van der Waals surface area contributed by atoms with Crippen LogP contribution in [0.1, 0.15) is 25.8 Å². The molecule has 0 fully saturated rings. The number of halogens is 1. The normalized spacial score (nSPS) is 11.2. The minimum absolute atomic E-state index is 0.515. The van der Waals surface area contributed by atoms with Crippen molar-refractivity contribution in [1.29, 1.82) is 0 Å². The molecular formula is C12H16BrNO2. The first-order chi connectivity index (χ1) is 7.39. The first-order valence-corrected chi connectivity index (χ1v) is 5.91. The van der Waals surface area contributed by atoms with Gasteiger partial charge in [0.1, 0.15) is 5.60 Å². The number of carbonyl (C=O) groups excluding carboxylic acids is 1. The van der Waals surface area contributed by atoms with Crippen LogP contribution >= 0.6 is 15.9 Å². The average molecular weight is 286 g/mol. The molecule has 0 heterocycles. The third kappa shape index (κ3) is 4.66. The Labute approximate surface area is 104 Å². The molecule has 3 nitrogen and oxygen atoms in total. The van der Waals surface area contributed by atoms with Crippen LogP contribution < -0.4 is 5.73 Å². The molecule has 1 aromatic rings. The smallest absolute Gasteiger partial charge is 0.405 e. The zero-order valence-electron chi connectivity index (χ0n) is 9.50. The Hall–Kier alpha value is -1.03. The summed E-state index contributed by atoms with van der Waals surface area (Å²) in [7, 11) is 0. The number of aryl methyl sites for hydroxylation is 1. The lowest BCUT2D eigenvalue weighted by molar-refractivity contribution is 0.0394. The van der Waals surface area contributed by atoms with Crippen LogP contribution in [0.15, 0.2) is 28.7 Å². The topological polar surface area (TPSA) is 52.3 Å². The molecule has 0 saturated heterocycles. The van der Waals surface area contributed by atoms with E-state index in [0.717, 1.165) is 17.3 Å². The van der Waals surface area contributed by atoms with Gasteiger partial charge in [-0.1, -0.05) is 28.1 Å². The summed E-state index contributed by atoms with van der Waals surface area (Å²) in [5.74, 6) is 0. The second-order valence-corrected chi connectivity index (χ2v) is 5.22. The highest BCUT2D eigenvalue weighted by atomic mass is 79.9. The Kier molecular flexibility index (Phi) is 4.35. The van der Waals surface area contributed by atoms with E-state index in [2.05, 4.69) is 15.9 Å². The Morgan fingerprint density at radius 1 is 1.38 bits per heavy atom. The number of ether oxygens (including phenoxy) is 1. The van der Waals surface area contributed by atoms with E-state index < -0.39 is 11.7 Å². The number of carbonyl (C=O) groups is 1. The lowest BCUT2D eigenvalue weighted by atomic mass is 9.99. The van der Waals surface area contributed by atoms with Crippen molar-refractivity contribution in [2.24, 2.45) is 5.73 Å². The van der Waals surface area contributed by atoms with Crippen LogP contribution in [-0.2, 0) is 11.2 Å². The number of primary amides is 1. The fourth-order valence-corrected chi connectivity index (χ4v) is 1.68. The number of rotatable bonds is 4. The molecule has 0 aromatic heterocycles. The van der Waals surface area contributed by atoms with E-state index in [1.165, 1.54) is 5.56 Å². The van der Waals surface area contributed by atoms with E-state index in [-0.39, 0.29) is 0 Å². The molecule has 0 bridgehead atoms. The number of hydrogen-bond donors (Lipinski definition) is 1. The molecule has 0 aliphatic carbocycles. The first kappa shape index (κ1) is 13.0. The third-order valence-corrected chi connectivity index (χ3v) is 2.83. The van der Waals surface area contributed by atoms with Gasteiger partial charge in [-0.2, -0.15) is 0 Å². The molecular weight excluding hydrogens is 270 g/mol. The van der Waals surface area contributed by atoms with Gasteiger partial charge in [0.15, 0.2) is 0 Å². The van der Waals surface area contributed by atoms with Gasteiger partial charge in [0.2, 0.25) is 0 Å². The molecule has 0 saturated carbocycles. The molecule has 4 heteroatoms. The summed E-state index contributed by atoms with van der Waals surface area (Å²) in [6.07, 6.45) is 0.881. The number of benzene rings is 1. The van der Waals surface area contributed by atoms with E-state index in [1.54, 1.807) is 0 Å². The maximum Gasteiger partial charge on any atom is 0.405 e. The summed E-state index contributed by atoms with van der Waals surface area (Å²) in [5, 5.41) is 0. The van der Waals surface area contributed by atoms with E-state index >= 15 is 0 Å². The Bertz CT molecular complexity index is 360. The molecule has 0 unspecified atom stereocenters. The van der Waals surface area contributed by atoms with Crippen LogP contribution in [0.25, 0.3) is 0 Å². The van der Waals surface area contributed by atoms with Gasteiger partial charge in [-0.05, 0) is 44.4 Å². The van der Waals surface area contributed by atoms with Crippen molar-refractivity contribution < 1.29 is 9.53 Å². The predicted molar refractivity (Wildman–Crippen MR) is 67.2 cm³/mol. The molecule has 1 aromatic carbocycles. The number of amides is 1. The van der Waals surface area contributed by atoms with Crippen molar-refractivity contribution in [3.05, 3.63) is 34.3 Å². The van der Waals surface area contributed by atoms with Crippen LogP contribution in [0.5, 0.6) is 0 Å². The molecule has 0 atom stereocenters. The monoisotopic (exact) mass is 285 g/mol. The van der Waals surface area contributed by atoms with Gasteiger partial charge >= 0.3 is 6.09 Å². The van der Waals surface area contributed by atoms with E-state index in [0.29, 0.717) is 0 Å². The van der Waals surface area contributed by atoms with E-state index in [9.17, 15) is 4.79 Å². The highest BCUT2D eigenvalue weighted by Gasteiger charge is 2.21. The summed E-state index contributed by atoms with van der Waals surface area (Å²) in [6.45, 7) is 3.72. The van der Waals surface area contributed by atoms with Gasteiger partial charge in [0, 0.05) is 4.47 Å². The number of hydrogen-bond acceptors (Lipinski definition) is 2. The largest absolute Gasteiger partial charge is 0.444 e. The molecule has 1 rings (SSSR count). The molecule has 1 amide bonds. The van der Waals surface area contributed by atoms with Crippen molar-refractivity contribution in [2.45, 2.75) is 32.3 Å². The fourth-order valence-electron chi connectivity index (χ4n) is 1.42. The Balaban J connectivity index is 2.50. The fraction of sp³-hybridized carbons (Fsp3) is 0.417. The molecule has 0 aliphatic heterocycles. The molecule has 2 N–H and O–H groups in total. The van der Waals surface area contributed by atoms with Crippen molar-refractivity contribution in [2.75, 3.05) is 0 Å². The van der Waals surface area contributed by atoms with Gasteiger partial charge in [-0.3, -0.25) is 0 Å². The third-order valence-electron chi connectivity index (χ3n) is 2.31. The van der Waals surface area contributed by atoms with Gasteiger partial charge < -0.3 is 10.5 Å². The van der Waals surface area contributed by atoms with E-state index in [1.807, 2.05) is 38.1 Å². The van der Waals surface area contributed by atoms with Gasteiger partial charge in [-0.15, -0.1) is 0 Å². The molecule has 88 valence electrons. The molecule has 16 heavy (non-hydrogen) atoms. The highest BCUT2D eigenvalue weighted by Crippen LogP contribution is 2.19. The van der Waals surface area contributed by atoms with Gasteiger partial charge in [-0.25, -0.2) is 4.79 Å². The Morgan fingerprint density at radius 2 is 1.94 bits per heavy atom. The Morgan fingerprint density at radius 3 is 2.44 bits per heavy atom. The maximum absolute atomic E-state index is 10.7. The van der Waals surface area contributed by atoms with Gasteiger partial charge in [0.05, 0.1) is 0 Å². The minimum Gasteiger partial charge on any atom is -0.444 e. The molecule has 0 radical (unpaired) electrons. The second-order valence-electron chi connectivity index (χ2n) is 4.31. The van der Waals surface area contributed by atoms with Crippen LogP contribution in [0, 0.1) is 0 Å². The second kappa shape index (κ2) is 5.34. The predicted octanol–water partition coefficient (Wildman–Crippen LogP) is 3.26. The standard InChI is InChI=1S/C12H16BrNO2/c1-12(2,16-11(14)15)8-7-9-3-5-10(13)6-4-9/h3-6H,7-8H2,1-2H3,(H2,14,15). The van der Waals surface area contributed by atoms with Gasteiger partial charge in [0.25, 0.3) is 0 Å². The van der Waals surface area contributed by atoms with Crippen LogP contribution in [-0.4, -0.2) is 11.7 Å².